The first-order valence-electron chi connectivity index (χ1n) is 6.67. The van der Waals surface area contributed by atoms with E-state index < -0.39 is 0 Å². The Kier molecular flexibility index (Phi) is 4.66. The Balaban J connectivity index is 2.30. The maximum Gasteiger partial charge on any atom is 0.242 e. The Bertz CT molecular complexity index is 464. The lowest BCUT2D eigenvalue weighted by Crippen LogP contribution is -2.54. The molecule has 1 aromatic rings. The van der Waals surface area contributed by atoms with Crippen molar-refractivity contribution in [2.45, 2.75) is 26.4 Å². The zero-order valence-electron chi connectivity index (χ0n) is 11.4. The van der Waals surface area contributed by atoms with Gasteiger partial charge in [-0.3, -0.25) is 4.79 Å². The van der Waals surface area contributed by atoms with Crippen LogP contribution in [0.2, 0.25) is 5.02 Å². The second kappa shape index (κ2) is 6.26. The fourth-order valence-electron chi connectivity index (χ4n) is 2.33. The predicted octanol–water partition coefficient (Wildman–Crippen LogP) is 1.77. The van der Waals surface area contributed by atoms with E-state index in [4.69, 9.17) is 11.6 Å². The number of hydrogen-bond donors (Lipinski definition) is 2. The number of carbonyl (C=O) groups is 1. The molecule has 2 rings (SSSR count). The predicted molar refractivity (Wildman–Crippen MR) is 78.7 cm³/mol. The molecule has 104 valence electrons. The minimum atomic E-state index is -0.160. The van der Waals surface area contributed by atoms with Gasteiger partial charge in [0.15, 0.2) is 0 Å². The molecular formula is C14H20ClN3O. The van der Waals surface area contributed by atoms with Gasteiger partial charge in [-0.2, -0.15) is 0 Å². The van der Waals surface area contributed by atoms with Gasteiger partial charge in [-0.05, 0) is 31.2 Å². The maximum absolute atomic E-state index is 11.8. The van der Waals surface area contributed by atoms with Crippen molar-refractivity contribution in [3.8, 4) is 0 Å². The monoisotopic (exact) mass is 281 g/mol. The van der Waals surface area contributed by atoms with Crippen LogP contribution in [0.1, 0.15) is 19.4 Å². The molecule has 4 nitrogen and oxygen atoms in total. The van der Waals surface area contributed by atoms with Crippen LogP contribution in [0.3, 0.4) is 0 Å². The first-order valence-corrected chi connectivity index (χ1v) is 7.04. The van der Waals surface area contributed by atoms with Crippen molar-refractivity contribution in [2.75, 3.05) is 24.5 Å². The third-order valence-electron chi connectivity index (χ3n) is 3.42. The number of rotatable bonds is 4. The molecule has 1 saturated heterocycles. The molecule has 0 bridgehead atoms. The first kappa shape index (κ1) is 14.2. The molecule has 19 heavy (non-hydrogen) atoms. The summed E-state index contributed by atoms with van der Waals surface area (Å²) in [6.45, 7) is 7.19. The summed E-state index contributed by atoms with van der Waals surface area (Å²) in [5, 5.41) is 6.90. The molecule has 2 N–H and O–H groups in total. The van der Waals surface area contributed by atoms with Crippen LogP contribution in [0.5, 0.6) is 0 Å². The van der Waals surface area contributed by atoms with Crippen LogP contribution in [0.25, 0.3) is 0 Å². The van der Waals surface area contributed by atoms with E-state index >= 15 is 0 Å². The van der Waals surface area contributed by atoms with Gasteiger partial charge in [0.05, 0.1) is 0 Å². The summed E-state index contributed by atoms with van der Waals surface area (Å²) in [5.74, 6) is 0.0700. The van der Waals surface area contributed by atoms with E-state index in [2.05, 4.69) is 22.5 Å². The van der Waals surface area contributed by atoms with E-state index in [1.165, 1.54) is 5.56 Å². The van der Waals surface area contributed by atoms with Gasteiger partial charge in [-0.25, -0.2) is 0 Å². The largest absolute Gasteiger partial charge is 0.358 e. The smallest absolute Gasteiger partial charge is 0.242 e. The molecule has 1 aliphatic rings. The van der Waals surface area contributed by atoms with Crippen molar-refractivity contribution < 1.29 is 4.79 Å². The Morgan fingerprint density at radius 3 is 3.05 bits per heavy atom. The van der Waals surface area contributed by atoms with Gasteiger partial charge in [0.1, 0.15) is 6.04 Å². The topological polar surface area (TPSA) is 44.4 Å². The van der Waals surface area contributed by atoms with Crippen LogP contribution < -0.4 is 15.5 Å². The summed E-state index contributed by atoms with van der Waals surface area (Å²) in [6, 6.07) is 5.71. The van der Waals surface area contributed by atoms with Crippen LogP contribution in [0.4, 0.5) is 5.69 Å². The molecule has 1 unspecified atom stereocenters. The number of nitrogens with zero attached hydrogens (tertiary/aromatic N) is 1. The van der Waals surface area contributed by atoms with Gasteiger partial charge in [0, 0.05) is 30.3 Å². The summed E-state index contributed by atoms with van der Waals surface area (Å²) >= 11 is 6.11. The number of amides is 1. The van der Waals surface area contributed by atoms with Crippen molar-refractivity contribution in [3.63, 3.8) is 0 Å². The Labute approximate surface area is 119 Å². The SMILES string of the molecule is CCNCc1ccc(Cl)cc1N1CCNC(=O)C1C. The second-order valence-corrected chi connectivity index (χ2v) is 5.15. The summed E-state index contributed by atoms with van der Waals surface area (Å²) in [5.41, 5.74) is 2.23. The van der Waals surface area contributed by atoms with E-state index in [1.807, 2.05) is 25.1 Å². The van der Waals surface area contributed by atoms with Gasteiger partial charge in [0.2, 0.25) is 5.91 Å². The lowest BCUT2D eigenvalue weighted by atomic mass is 10.1. The molecule has 1 atom stereocenters. The molecule has 0 radical (unpaired) electrons. The van der Waals surface area contributed by atoms with Crippen LogP contribution in [0.15, 0.2) is 18.2 Å². The molecule has 1 fully saturated rings. The summed E-state index contributed by atoms with van der Waals surface area (Å²) in [6.07, 6.45) is 0. The van der Waals surface area contributed by atoms with Gasteiger partial charge < -0.3 is 15.5 Å². The summed E-state index contributed by atoms with van der Waals surface area (Å²) in [7, 11) is 0. The molecule has 5 heteroatoms. The zero-order chi connectivity index (χ0) is 13.8. The first-order chi connectivity index (χ1) is 9.13. The average Bonchev–Trinajstić information content (AvgIpc) is 2.40. The lowest BCUT2D eigenvalue weighted by Gasteiger charge is -2.36. The number of halogens is 1. The van der Waals surface area contributed by atoms with Crippen molar-refractivity contribution in [2.24, 2.45) is 0 Å². The highest BCUT2D eigenvalue weighted by atomic mass is 35.5. The van der Waals surface area contributed by atoms with Crippen molar-refractivity contribution >= 4 is 23.2 Å². The fraction of sp³-hybridized carbons (Fsp3) is 0.500. The maximum atomic E-state index is 11.8. The van der Waals surface area contributed by atoms with E-state index in [0.717, 1.165) is 25.3 Å². The van der Waals surface area contributed by atoms with Crippen molar-refractivity contribution in [1.82, 2.24) is 10.6 Å². The molecule has 1 aliphatic heterocycles. The molecule has 0 aliphatic carbocycles. The average molecular weight is 282 g/mol. The third-order valence-corrected chi connectivity index (χ3v) is 3.66. The van der Waals surface area contributed by atoms with E-state index in [9.17, 15) is 4.79 Å². The second-order valence-electron chi connectivity index (χ2n) is 4.71. The fourth-order valence-corrected chi connectivity index (χ4v) is 2.49. The number of benzene rings is 1. The number of anilines is 1. The van der Waals surface area contributed by atoms with E-state index in [1.54, 1.807) is 0 Å². The van der Waals surface area contributed by atoms with Crippen LogP contribution in [-0.4, -0.2) is 31.6 Å². The quantitative estimate of drug-likeness (QED) is 0.884. The lowest BCUT2D eigenvalue weighted by molar-refractivity contribution is -0.122. The molecule has 1 amide bonds. The number of carbonyl (C=O) groups excluding carboxylic acids is 1. The molecule has 0 spiro atoms. The minimum Gasteiger partial charge on any atom is -0.358 e. The number of hydrogen-bond acceptors (Lipinski definition) is 3. The van der Waals surface area contributed by atoms with Crippen LogP contribution in [0, 0.1) is 0 Å². The van der Waals surface area contributed by atoms with E-state index in [0.29, 0.717) is 11.6 Å². The molecule has 0 saturated carbocycles. The number of nitrogens with one attached hydrogen (secondary N) is 2. The van der Waals surface area contributed by atoms with Crippen LogP contribution >= 0.6 is 11.6 Å². The standard InChI is InChI=1S/C14H20ClN3O/c1-3-16-9-11-4-5-12(15)8-13(11)18-7-6-17-14(19)10(18)2/h4-5,8,10,16H,3,6-7,9H2,1-2H3,(H,17,19). The Morgan fingerprint density at radius 1 is 1.53 bits per heavy atom. The molecule has 1 aromatic carbocycles. The van der Waals surface area contributed by atoms with Gasteiger partial charge in [0.25, 0.3) is 0 Å². The van der Waals surface area contributed by atoms with Gasteiger partial charge in [-0.1, -0.05) is 24.6 Å². The number of piperazine rings is 1. The summed E-state index contributed by atoms with van der Waals surface area (Å²) < 4.78 is 0. The Hall–Kier alpha value is -1.26. The molecule has 0 aromatic heterocycles. The normalized spacial score (nSPS) is 19.4. The summed E-state index contributed by atoms with van der Waals surface area (Å²) in [4.78, 5) is 13.9. The highest BCUT2D eigenvalue weighted by molar-refractivity contribution is 6.30. The highest BCUT2D eigenvalue weighted by Gasteiger charge is 2.27. The van der Waals surface area contributed by atoms with Crippen molar-refractivity contribution in [1.29, 1.82) is 0 Å². The van der Waals surface area contributed by atoms with Crippen molar-refractivity contribution in [3.05, 3.63) is 28.8 Å². The third kappa shape index (κ3) is 3.19. The Morgan fingerprint density at radius 2 is 2.32 bits per heavy atom. The highest BCUT2D eigenvalue weighted by Crippen LogP contribution is 2.27. The van der Waals surface area contributed by atoms with Gasteiger partial charge >= 0.3 is 0 Å². The molecular weight excluding hydrogens is 262 g/mol. The zero-order valence-corrected chi connectivity index (χ0v) is 12.1. The van der Waals surface area contributed by atoms with Crippen LogP contribution in [-0.2, 0) is 11.3 Å². The molecule has 1 heterocycles. The minimum absolute atomic E-state index is 0.0700. The van der Waals surface area contributed by atoms with E-state index in [-0.39, 0.29) is 11.9 Å². The van der Waals surface area contributed by atoms with Gasteiger partial charge in [-0.15, -0.1) is 0 Å².